The van der Waals surface area contributed by atoms with Crippen molar-refractivity contribution in [3.8, 4) is 0 Å². The van der Waals surface area contributed by atoms with E-state index in [2.05, 4.69) is 10.5 Å². The van der Waals surface area contributed by atoms with Gasteiger partial charge in [0.1, 0.15) is 5.82 Å². The summed E-state index contributed by atoms with van der Waals surface area (Å²) in [4.78, 5) is 0. The third-order valence-corrected chi connectivity index (χ3v) is 2.39. The van der Waals surface area contributed by atoms with E-state index in [9.17, 15) is 4.39 Å². The van der Waals surface area contributed by atoms with E-state index >= 15 is 0 Å². The Bertz CT molecular complexity index is 504. The highest BCUT2D eigenvalue weighted by Gasteiger charge is 1.95. The van der Waals surface area contributed by atoms with Crippen LogP contribution < -0.4 is 5.43 Å². The summed E-state index contributed by atoms with van der Waals surface area (Å²) in [5.41, 5.74) is 5.60. The molecule has 2 aromatic rings. The fraction of sp³-hybridized carbons (Fsp3) is 0.0714. The molecule has 0 aliphatic heterocycles. The van der Waals surface area contributed by atoms with Gasteiger partial charge in [-0.3, -0.25) is 5.43 Å². The Hall–Kier alpha value is -2.16. The van der Waals surface area contributed by atoms with E-state index in [0.29, 0.717) is 0 Å². The van der Waals surface area contributed by atoms with Gasteiger partial charge in [0.15, 0.2) is 0 Å². The van der Waals surface area contributed by atoms with E-state index in [0.717, 1.165) is 17.0 Å². The predicted octanol–water partition coefficient (Wildman–Crippen LogP) is 3.66. The zero-order valence-electron chi connectivity index (χ0n) is 9.52. The normalized spacial score (nSPS) is 11.3. The van der Waals surface area contributed by atoms with Crippen molar-refractivity contribution >= 4 is 11.4 Å². The second-order valence-corrected chi connectivity index (χ2v) is 3.68. The van der Waals surface area contributed by atoms with Crippen LogP contribution in [-0.2, 0) is 0 Å². The summed E-state index contributed by atoms with van der Waals surface area (Å²) in [6, 6.07) is 16.0. The van der Waals surface area contributed by atoms with E-state index in [1.165, 1.54) is 12.1 Å². The van der Waals surface area contributed by atoms with Crippen molar-refractivity contribution in [3.63, 3.8) is 0 Å². The molecule has 86 valence electrons. The SMILES string of the molecule is C/C(=N/Nc1ccc(F)cc1)c1ccccc1. The molecule has 0 atom stereocenters. The molecule has 0 fully saturated rings. The topological polar surface area (TPSA) is 24.4 Å². The van der Waals surface area contributed by atoms with Crippen LogP contribution in [-0.4, -0.2) is 5.71 Å². The predicted molar refractivity (Wildman–Crippen MR) is 68.7 cm³/mol. The highest BCUT2D eigenvalue weighted by molar-refractivity contribution is 5.98. The number of hydrazone groups is 1. The lowest BCUT2D eigenvalue weighted by Crippen LogP contribution is -1.99. The van der Waals surface area contributed by atoms with Crippen molar-refractivity contribution in [2.45, 2.75) is 6.92 Å². The van der Waals surface area contributed by atoms with Crippen LogP contribution in [0.15, 0.2) is 59.7 Å². The molecule has 17 heavy (non-hydrogen) atoms. The highest BCUT2D eigenvalue weighted by atomic mass is 19.1. The first-order valence-electron chi connectivity index (χ1n) is 5.37. The van der Waals surface area contributed by atoms with Crippen molar-refractivity contribution in [3.05, 3.63) is 66.0 Å². The molecule has 0 amide bonds. The molecule has 0 spiro atoms. The number of rotatable bonds is 3. The van der Waals surface area contributed by atoms with Crippen molar-refractivity contribution in [2.75, 3.05) is 5.43 Å². The van der Waals surface area contributed by atoms with E-state index < -0.39 is 0 Å². The molecule has 3 heteroatoms. The lowest BCUT2D eigenvalue weighted by Gasteiger charge is -2.03. The summed E-state index contributed by atoms with van der Waals surface area (Å²) in [6.45, 7) is 1.92. The first-order chi connectivity index (χ1) is 8.25. The molecule has 0 bridgehead atoms. The maximum Gasteiger partial charge on any atom is 0.123 e. The fourth-order valence-electron chi connectivity index (χ4n) is 1.42. The largest absolute Gasteiger partial charge is 0.278 e. The highest BCUT2D eigenvalue weighted by Crippen LogP contribution is 2.09. The molecule has 1 N–H and O–H groups in total. The van der Waals surface area contributed by atoms with Crippen LogP contribution in [0.5, 0.6) is 0 Å². The minimum atomic E-state index is -0.251. The number of nitrogens with one attached hydrogen (secondary N) is 1. The number of benzene rings is 2. The molecule has 0 heterocycles. The summed E-state index contributed by atoms with van der Waals surface area (Å²) >= 11 is 0. The quantitative estimate of drug-likeness (QED) is 0.629. The van der Waals surface area contributed by atoms with E-state index in [-0.39, 0.29) is 5.82 Å². The first-order valence-corrected chi connectivity index (χ1v) is 5.37. The molecule has 0 saturated heterocycles. The average molecular weight is 228 g/mol. The second-order valence-electron chi connectivity index (χ2n) is 3.68. The summed E-state index contributed by atoms with van der Waals surface area (Å²) in [6.07, 6.45) is 0. The van der Waals surface area contributed by atoms with Crippen LogP contribution >= 0.6 is 0 Å². The number of halogens is 1. The average Bonchev–Trinajstić information content (AvgIpc) is 2.39. The van der Waals surface area contributed by atoms with Gasteiger partial charge in [-0.2, -0.15) is 5.10 Å². The van der Waals surface area contributed by atoms with Crippen LogP contribution in [0.1, 0.15) is 12.5 Å². The fourth-order valence-corrected chi connectivity index (χ4v) is 1.42. The molecule has 0 aromatic heterocycles. The number of nitrogens with zero attached hydrogens (tertiary/aromatic N) is 1. The van der Waals surface area contributed by atoms with Gasteiger partial charge in [-0.25, -0.2) is 4.39 Å². The van der Waals surface area contributed by atoms with E-state index in [1.54, 1.807) is 12.1 Å². The van der Waals surface area contributed by atoms with E-state index in [1.807, 2.05) is 37.3 Å². The van der Waals surface area contributed by atoms with Gasteiger partial charge in [0.2, 0.25) is 0 Å². The minimum Gasteiger partial charge on any atom is -0.278 e. The van der Waals surface area contributed by atoms with Crippen molar-refractivity contribution in [1.29, 1.82) is 0 Å². The monoisotopic (exact) mass is 228 g/mol. The molecular weight excluding hydrogens is 215 g/mol. The van der Waals surface area contributed by atoms with Gasteiger partial charge in [-0.15, -0.1) is 0 Å². The van der Waals surface area contributed by atoms with Gasteiger partial charge < -0.3 is 0 Å². The van der Waals surface area contributed by atoms with Crippen LogP contribution in [0, 0.1) is 5.82 Å². The molecule has 2 aromatic carbocycles. The van der Waals surface area contributed by atoms with Gasteiger partial charge in [-0.05, 0) is 36.8 Å². The third kappa shape index (κ3) is 3.14. The van der Waals surface area contributed by atoms with Crippen molar-refractivity contribution in [1.82, 2.24) is 0 Å². The smallest absolute Gasteiger partial charge is 0.123 e. The summed E-state index contributed by atoms with van der Waals surface area (Å²) in [7, 11) is 0. The Labute approximate surface area is 99.8 Å². The lowest BCUT2D eigenvalue weighted by atomic mass is 10.1. The second kappa shape index (κ2) is 5.25. The molecular formula is C14H13FN2. The molecule has 0 aliphatic carbocycles. The molecule has 0 radical (unpaired) electrons. The van der Waals surface area contributed by atoms with E-state index in [4.69, 9.17) is 0 Å². The number of hydrogen-bond donors (Lipinski definition) is 1. The van der Waals surface area contributed by atoms with Gasteiger partial charge >= 0.3 is 0 Å². The summed E-state index contributed by atoms with van der Waals surface area (Å²) in [5, 5.41) is 4.24. The molecule has 2 rings (SSSR count). The lowest BCUT2D eigenvalue weighted by molar-refractivity contribution is 0.628. The van der Waals surface area contributed by atoms with Crippen LogP contribution in [0.4, 0.5) is 10.1 Å². The van der Waals surface area contributed by atoms with Gasteiger partial charge in [-0.1, -0.05) is 30.3 Å². The maximum atomic E-state index is 12.7. The van der Waals surface area contributed by atoms with Crippen LogP contribution in [0.3, 0.4) is 0 Å². The molecule has 0 saturated carbocycles. The Morgan fingerprint density at radius 1 is 1.00 bits per heavy atom. The summed E-state index contributed by atoms with van der Waals surface area (Å²) in [5.74, 6) is -0.251. The zero-order chi connectivity index (χ0) is 12.1. The summed E-state index contributed by atoms with van der Waals surface area (Å²) < 4.78 is 12.7. The van der Waals surface area contributed by atoms with Gasteiger partial charge in [0.05, 0.1) is 11.4 Å². The Kier molecular flexibility index (Phi) is 3.50. The maximum absolute atomic E-state index is 12.7. The Balaban J connectivity index is 2.08. The molecule has 0 aliphatic rings. The Morgan fingerprint density at radius 3 is 2.29 bits per heavy atom. The van der Waals surface area contributed by atoms with Crippen molar-refractivity contribution < 1.29 is 4.39 Å². The minimum absolute atomic E-state index is 0.251. The zero-order valence-corrected chi connectivity index (χ0v) is 9.52. The molecule has 0 unspecified atom stereocenters. The number of anilines is 1. The number of hydrogen-bond acceptors (Lipinski definition) is 2. The van der Waals surface area contributed by atoms with Crippen molar-refractivity contribution in [2.24, 2.45) is 5.10 Å². The van der Waals surface area contributed by atoms with Crippen LogP contribution in [0.25, 0.3) is 0 Å². The molecule has 2 nitrogen and oxygen atoms in total. The first kappa shape index (κ1) is 11.3. The van der Waals surface area contributed by atoms with Gasteiger partial charge in [0.25, 0.3) is 0 Å². The standard InChI is InChI=1S/C14H13FN2/c1-11(12-5-3-2-4-6-12)16-17-14-9-7-13(15)8-10-14/h2-10,17H,1H3/b16-11-. The Morgan fingerprint density at radius 2 is 1.65 bits per heavy atom. The third-order valence-electron chi connectivity index (χ3n) is 2.39. The van der Waals surface area contributed by atoms with Crippen LogP contribution in [0.2, 0.25) is 0 Å². The van der Waals surface area contributed by atoms with Gasteiger partial charge in [0, 0.05) is 0 Å².